The molecule has 21 heavy (non-hydrogen) atoms. The molecule has 2 aromatic carbocycles. The summed E-state index contributed by atoms with van der Waals surface area (Å²) in [5.41, 5.74) is 6.59. The average Bonchev–Trinajstić information content (AvgIpc) is 2.51. The van der Waals surface area contributed by atoms with Gasteiger partial charge in [-0.15, -0.1) is 11.8 Å². The zero-order chi connectivity index (χ0) is 15.1. The highest BCUT2D eigenvalue weighted by Crippen LogP contribution is 2.21. The van der Waals surface area contributed by atoms with Crippen molar-refractivity contribution >= 4 is 11.8 Å². The predicted molar refractivity (Wildman–Crippen MR) is 81.5 cm³/mol. The number of rotatable bonds is 7. The summed E-state index contributed by atoms with van der Waals surface area (Å²) in [7, 11) is 0. The van der Waals surface area contributed by atoms with Crippen molar-refractivity contribution in [3.05, 3.63) is 59.7 Å². The molecule has 0 amide bonds. The van der Waals surface area contributed by atoms with Crippen molar-refractivity contribution in [1.29, 1.82) is 0 Å². The summed E-state index contributed by atoms with van der Waals surface area (Å²) in [5.74, 6) is -0.0312. The van der Waals surface area contributed by atoms with Gasteiger partial charge in [-0.05, 0) is 42.3 Å². The Bertz CT molecular complexity index is 575. The summed E-state index contributed by atoms with van der Waals surface area (Å²) in [5, 5.41) is 0. The van der Waals surface area contributed by atoms with Crippen molar-refractivity contribution in [2.45, 2.75) is 17.9 Å². The van der Waals surface area contributed by atoms with Gasteiger partial charge < -0.3 is 10.5 Å². The Hall–Kier alpha value is -1.59. The second kappa shape index (κ2) is 8.00. The number of halogens is 2. The van der Waals surface area contributed by atoms with E-state index in [9.17, 15) is 8.78 Å². The maximum Gasteiger partial charge on any atom is 0.159 e. The van der Waals surface area contributed by atoms with E-state index in [1.165, 1.54) is 17.8 Å². The van der Waals surface area contributed by atoms with E-state index in [0.717, 1.165) is 34.4 Å². The molecule has 0 aromatic heterocycles. The number of nitrogens with two attached hydrogens (primary N) is 1. The molecule has 0 aliphatic heterocycles. The summed E-state index contributed by atoms with van der Waals surface area (Å²) in [6.45, 7) is 1.10. The van der Waals surface area contributed by atoms with Crippen molar-refractivity contribution in [2.24, 2.45) is 5.73 Å². The lowest BCUT2D eigenvalue weighted by Crippen LogP contribution is -2.00. The highest BCUT2D eigenvalue weighted by molar-refractivity contribution is 7.99. The van der Waals surface area contributed by atoms with Gasteiger partial charge in [0.15, 0.2) is 11.6 Å². The predicted octanol–water partition coefficient (Wildman–Crippen LogP) is 3.98. The van der Waals surface area contributed by atoms with Crippen LogP contribution in [0.5, 0.6) is 5.75 Å². The van der Waals surface area contributed by atoms with E-state index in [0.29, 0.717) is 13.2 Å². The van der Waals surface area contributed by atoms with Crippen molar-refractivity contribution in [2.75, 3.05) is 12.4 Å². The van der Waals surface area contributed by atoms with E-state index < -0.39 is 11.6 Å². The molecule has 0 bridgehead atoms. The smallest absolute Gasteiger partial charge is 0.159 e. The topological polar surface area (TPSA) is 35.2 Å². The molecule has 5 heteroatoms. The van der Waals surface area contributed by atoms with Crippen LogP contribution in [-0.2, 0) is 6.54 Å². The minimum atomic E-state index is -0.816. The minimum absolute atomic E-state index is 0.519. The van der Waals surface area contributed by atoms with E-state index in [4.69, 9.17) is 10.5 Å². The molecule has 2 nitrogen and oxygen atoms in total. The number of hydrogen-bond acceptors (Lipinski definition) is 3. The second-order valence-corrected chi connectivity index (χ2v) is 5.64. The van der Waals surface area contributed by atoms with Crippen LogP contribution in [0.4, 0.5) is 8.78 Å². The first-order chi connectivity index (χ1) is 10.2. The first-order valence-corrected chi connectivity index (χ1v) is 7.67. The molecular weight excluding hydrogens is 292 g/mol. The summed E-state index contributed by atoms with van der Waals surface area (Å²) >= 11 is 1.48. The maximum absolute atomic E-state index is 13.0. The lowest BCUT2D eigenvalue weighted by Gasteiger charge is -2.07. The Labute approximate surface area is 127 Å². The molecule has 0 aliphatic carbocycles. The van der Waals surface area contributed by atoms with Crippen LogP contribution in [0.15, 0.2) is 47.4 Å². The molecule has 0 saturated carbocycles. The van der Waals surface area contributed by atoms with Crippen LogP contribution >= 0.6 is 11.8 Å². The number of ether oxygens (including phenoxy) is 1. The lowest BCUT2D eigenvalue weighted by molar-refractivity contribution is 0.318. The maximum atomic E-state index is 13.0. The highest BCUT2D eigenvalue weighted by Gasteiger charge is 2.02. The van der Waals surface area contributed by atoms with Crippen LogP contribution in [0.1, 0.15) is 12.0 Å². The zero-order valence-corrected chi connectivity index (χ0v) is 12.3. The normalized spacial score (nSPS) is 10.6. The molecule has 112 valence electrons. The molecule has 2 aromatic rings. The van der Waals surface area contributed by atoms with Gasteiger partial charge >= 0.3 is 0 Å². The van der Waals surface area contributed by atoms with E-state index in [2.05, 4.69) is 0 Å². The molecule has 2 rings (SSSR count). The van der Waals surface area contributed by atoms with Gasteiger partial charge in [0.05, 0.1) is 6.61 Å². The lowest BCUT2D eigenvalue weighted by atomic mass is 10.2. The van der Waals surface area contributed by atoms with Crippen LogP contribution in [0, 0.1) is 11.6 Å². The average molecular weight is 309 g/mol. The fourth-order valence-corrected chi connectivity index (χ4v) is 2.58. The minimum Gasteiger partial charge on any atom is -0.494 e. The van der Waals surface area contributed by atoms with Crippen LogP contribution < -0.4 is 10.5 Å². The number of benzene rings is 2. The van der Waals surface area contributed by atoms with E-state index in [-0.39, 0.29) is 0 Å². The van der Waals surface area contributed by atoms with Crippen LogP contribution in [0.25, 0.3) is 0 Å². The molecular formula is C16H17F2NOS. The van der Waals surface area contributed by atoms with Gasteiger partial charge in [0.1, 0.15) is 5.75 Å². The van der Waals surface area contributed by atoms with E-state index in [1.807, 2.05) is 24.3 Å². The first-order valence-electron chi connectivity index (χ1n) is 6.68. The molecule has 2 N–H and O–H groups in total. The highest BCUT2D eigenvalue weighted by atomic mass is 32.2. The van der Waals surface area contributed by atoms with Crippen molar-refractivity contribution < 1.29 is 13.5 Å². The van der Waals surface area contributed by atoms with Crippen molar-refractivity contribution in [1.82, 2.24) is 0 Å². The van der Waals surface area contributed by atoms with Gasteiger partial charge in [0.2, 0.25) is 0 Å². The summed E-state index contributed by atoms with van der Waals surface area (Å²) in [4.78, 5) is 0.723. The SMILES string of the molecule is NCc1ccc(OCCCSc2ccc(F)c(F)c2)cc1. The standard InChI is InChI=1S/C16H17F2NOS/c17-15-7-6-14(10-16(15)18)21-9-1-8-20-13-4-2-12(11-19)3-5-13/h2-7,10H,1,8-9,11,19H2. The fourth-order valence-electron chi connectivity index (χ4n) is 1.73. The van der Waals surface area contributed by atoms with Crippen molar-refractivity contribution in [3.63, 3.8) is 0 Å². The summed E-state index contributed by atoms with van der Waals surface area (Å²) in [6.07, 6.45) is 0.822. The number of hydrogen-bond donors (Lipinski definition) is 1. The molecule has 0 spiro atoms. The van der Waals surface area contributed by atoms with Gasteiger partial charge in [-0.25, -0.2) is 8.78 Å². The zero-order valence-electron chi connectivity index (χ0n) is 11.5. The Morgan fingerprint density at radius 3 is 2.43 bits per heavy atom. The summed E-state index contributed by atoms with van der Waals surface area (Å²) in [6, 6.07) is 11.6. The fraction of sp³-hybridized carbons (Fsp3) is 0.250. The quantitative estimate of drug-likeness (QED) is 0.620. The molecule has 0 unspecified atom stereocenters. The largest absolute Gasteiger partial charge is 0.494 e. The van der Waals surface area contributed by atoms with Gasteiger partial charge in [0.25, 0.3) is 0 Å². The molecule has 0 heterocycles. The third-order valence-electron chi connectivity index (χ3n) is 2.88. The van der Waals surface area contributed by atoms with Gasteiger partial charge in [-0.1, -0.05) is 12.1 Å². The van der Waals surface area contributed by atoms with Crippen LogP contribution in [-0.4, -0.2) is 12.4 Å². The van der Waals surface area contributed by atoms with Crippen LogP contribution in [0.3, 0.4) is 0 Å². The van der Waals surface area contributed by atoms with Gasteiger partial charge in [0, 0.05) is 17.2 Å². The second-order valence-electron chi connectivity index (χ2n) is 4.47. The van der Waals surface area contributed by atoms with Crippen molar-refractivity contribution in [3.8, 4) is 5.75 Å². The van der Waals surface area contributed by atoms with Gasteiger partial charge in [-0.3, -0.25) is 0 Å². The molecule has 0 fully saturated rings. The Morgan fingerprint density at radius 1 is 1.00 bits per heavy atom. The van der Waals surface area contributed by atoms with Crippen LogP contribution in [0.2, 0.25) is 0 Å². The molecule has 0 aliphatic rings. The Kier molecular flexibility index (Phi) is 6.02. The Morgan fingerprint density at radius 2 is 1.76 bits per heavy atom. The number of thioether (sulfide) groups is 1. The molecule has 0 radical (unpaired) electrons. The third-order valence-corrected chi connectivity index (χ3v) is 3.96. The molecule has 0 atom stereocenters. The summed E-state index contributed by atoms with van der Waals surface area (Å²) < 4.78 is 31.4. The van der Waals surface area contributed by atoms with Gasteiger partial charge in [-0.2, -0.15) is 0 Å². The monoisotopic (exact) mass is 309 g/mol. The van der Waals surface area contributed by atoms with E-state index >= 15 is 0 Å². The third kappa shape index (κ3) is 5.02. The Balaban J connectivity index is 1.68. The van der Waals surface area contributed by atoms with E-state index in [1.54, 1.807) is 6.07 Å². The first kappa shape index (κ1) is 15.8. The molecule has 0 saturated heterocycles.